The fraction of sp³-hybridized carbons (Fsp3) is 0.478. The molecule has 0 saturated carbocycles. The van der Waals surface area contributed by atoms with Gasteiger partial charge in [-0.05, 0) is 32.9 Å². The molecule has 0 amide bonds. The maximum absolute atomic E-state index is 13.9. The number of aliphatic hydroxyl groups is 1. The number of aromatic nitrogens is 4. The number of benzene rings is 1. The van der Waals surface area contributed by atoms with E-state index < -0.39 is 56.0 Å². The van der Waals surface area contributed by atoms with Crippen LogP contribution in [0.15, 0.2) is 41.5 Å². The van der Waals surface area contributed by atoms with Gasteiger partial charge in [-0.1, -0.05) is 18.2 Å². The van der Waals surface area contributed by atoms with Gasteiger partial charge in [0, 0.05) is 0 Å². The van der Waals surface area contributed by atoms with Gasteiger partial charge < -0.3 is 29.6 Å². The highest BCUT2D eigenvalue weighted by Gasteiger charge is 2.63. The van der Waals surface area contributed by atoms with Gasteiger partial charge in [0.15, 0.2) is 17.4 Å². The van der Waals surface area contributed by atoms with E-state index in [1.54, 1.807) is 44.2 Å². The van der Waals surface area contributed by atoms with Gasteiger partial charge in [0.05, 0.1) is 25.6 Å². The lowest BCUT2D eigenvalue weighted by atomic mass is 10.0. The first kappa shape index (κ1) is 27.2. The summed E-state index contributed by atoms with van der Waals surface area (Å²) in [6, 6.07) is 7.20. The minimum Gasteiger partial charge on any atom is -0.462 e. The Morgan fingerprint density at radius 1 is 1.36 bits per heavy atom. The molecule has 0 radical (unpaired) electrons. The fourth-order valence-corrected chi connectivity index (χ4v) is 5.94. The minimum atomic E-state index is -4.23. The number of aromatic amines is 1. The quantitative estimate of drug-likeness (QED) is 0.200. The van der Waals surface area contributed by atoms with Crippen molar-refractivity contribution in [2.75, 3.05) is 18.9 Å². The number of H-pyrrole nitrogens is 1. The summed E-state index contributed by atoms with van der Waals surface area (Å²) in [6.45, 7) is 4.32. The number of aliphatic hydroxyl groups excluding tert-OH is 1. The molecule has 2 aliphatic rings. The van der Waals surface area contributed by atoms with Crippen molar-refractivity contribution in [2.24, 2.45) is 0 Å². The second-order valence-electron chi connectivity index (χ2n) is 9.58. The number of nitrogen functional groups attached to an aromatic ring is 1. The molecule has 15 nitrogen and oxygen atoms in total. The SMILES string of the molecule is CC(C)OC(=O)[C@H](C)N[P@@](=O)(OC[C@@]12CO[C@@H](C(n3cnc4c(=O)[nH]c(N)nc43)O1)[C@@H]2O)Oc1ccccc1. The first-order chi connectivity index (χ1) is 18.5. The van der Waals surface area contributed by atoms with Gasteiger partial charge in [-0.25, -0.2) is 9.55 Å². The predicted molar refractivity (Wildman–Crippen MR) is 136 cm³/mol. The van der Waals surface area contributed by atoms with Crippen molar-refractivity contribution in [3.05, 3.63) is 47.0 Å². The zero-order valence-electron chi connectivity index (χ0n) is 21.3. The first-order valence-corrected chi connectivity index (χ1v) is 13.7. The van der Waals surface area contributed by atoms with Gasteiger partial charge in [0.2, 0.25) is 5.95 Å². The Morgan fingerprint density at radius 2 is 2.10 bits per heavy atom. The Balaban J connectivity index is 1.38. The van der Waals surface area contributed by atoms with Crippen LogP contribution in [0.4, 0.5) is 5.95 Å². The van der Waals surface area contributed by atoms with Gasteiger partial charge in [-0.15, -0.1) is 0 Å². The summed E-state index contributed by atoms with van der Waals surface area (Å²) >= 11 is 0. The van der Waals surface area contributed by atoms with Crippen LogP contribution in [0.25, 0.3) is 11.2 Å². The minimum absolute atomic E-state index is 0.0302. The zero-order valence-corrected chi connectivity index (χ0v) is 22.2. The number of ether oxygens (including phenoxy) is 3. The van der Waals surface area contributed by atoms with E-state index in [4.69, 9.17) is 29.0 Å². The molecule has 16 heteroatoms. The van der Waals surface area contributed by atoms with Crippen LogP contribution < -0.4 is 20.9 Å². The Morgan fingerprint density at radius 3 is 2.82 bits per heavy atom. The van der Waals surface area contributed by atoms with Crippen molar-refractivity contribution < 1.29 is 37.7 Å². The van der Waals surface area contributed by atoms with E-state index in [0.29, 0.717) is 0 Å². The number of esters is 1. The van der Waals surface area contributed by atoms with E-state index in [1.807, 2.05) is 0 Å². The number of para-hydroxylation sites is 1. The predicted octanol–water partition coefficient (Wildman–Crippen LogP) is 0.863. The van der Waals surface area contributed by atoms with Gasteiger partial charge in [-0.2, -0.15) is 10.1 Å². The number of carbonyl (C=O) groups excluding carboxylic acids is 1. The van der Waals surface area contributed by atoms with Crippen molar-refractivity contribution in [1.82, 2.24) is 24.6 Å². The van der Waals surface area contributed by atoms with Crippen molar-refractivity contribution >= 4 is 30.8 Å². The molecular formula is C23H29N6O9P. The molecule has 5 N–H and O–H groups in total. The molecule has 0 spiro atoms. The average Bonchev–Trinajstić information content (AvgIpc) is 3.52. The second-order valence-corrected chi connectivity index (χ2v) is 11.3. The molecule has 1 unspecified atom stereocenters. The molecule has 0 aliphatic carbocycles. The lowest BCUT2D eigenvalue weighted by Crippen LogP contribution is -2.46. The van der Waals surface area contributed by atoms with Crippen LogP contribution in [0, 0.1) is 0 Å². The molecule has 2 aliphatic heterocycles. The molecule has 5 rings (SSSR count). The van der Waals surface area contributed by atoms with Crippen molar-refractivity contribution in [1.29, 1.82) is 0 Å². The van der Waals surface area contributed by atoms with Crippen LogP contribution in [0.3, 0.4) is 0 Å². The Labute approximate surface area is 222 Å². The fourth-order valence-electron chi connectivity index (χ4n) is 4.40. The number of nitrogens with one attached hydrogen (secondary N) is 2. The van der Waals surface area contributed by atoms with E-state index in [1.165, 1.54) is 17.8 Å². The van der Waals surface area contributed by atoms with E-state index in [2.05, 4.69) is 20.0 Å². The van der Waals surface area contributed by atoms with Crippen molar-refractivity contribution in [3.8, 4) is 5.75 Å². The molecular weight excluding hydrogens is 535 g/mol. The number of anilines is 1. The van der Waals surface area contributed by atoms with Gasteiger partial charge in [-0.3, -0.25) is 23.7 Å². The summed E-state index contributed by atoms with van der Waals surface area (Å²) in [5, 5.41) is 13.7. The third-order valence-electron chi connectivity index (χ3n) is 6.24. The van der Waals surface area contributed by atoms with Gasteiger partial charge >= 0.3 is 13.7 Å². The summed E-state index contributed by atoms with van der Waals surface area (Å²) in [5.74, 6) is -0.550. The number of nitrogens with zero attached hydrogens (tertiary/aromatic N) is 3. The normalized spacial score (nSPS) is 26.5. The lowest BCUT2D eigenvalue weighted by molar-refractivity contribution is -0.183. The van der Waals surface area contributed by atoms with Crippen LogP contribution >= 0.6 is 7.75 Å². The highest BCUT2D eigenvalue weighted by molar-refractivity contribution is 7.52. The largest absolute Gasteiger partial charge is 0.462 e. The van der Waals surface area contributed by atoms with Crippen molar-refractivity contribution in [2.45, 2.75) is 57.0 Å². The average molecular weight is 564 g/mol. The van der Waals surface area contributed by atoms with Crippen LogP contribution in [0.5, 0.6) is 5.75 Å². The topological polar surface area (TPSA) is 202 Å². The molecule has 3 aromatic rings. The second kappa shape index (κ2) is 10.3. The Hall–Kier alpha value is -3.33. The maximum atomic E-state index is 13.9. The molecule has 1 aromatic carbocycles. The molecule has 210 valence electrons. The summed E-state index contributed by atoms with van der Waals surface area (Å²) < 4.78 is 43.9. The third-order valence-corrected chi connectivity index (χ3v) is 7.86. The number of carbonyl (C=O) groups is 1. The standard InChI is InChI=1S/C23H29N6O9P/c1-12(2)36-21(32)13(3)28-39(33,38-14-7-5-4-6-8-14)35-10-23-9-34-16(17(23)30)20(37-23)29-11-25-15-18(29)26-22(24)27-19(15)31/h4-8,11-13,16-17,20,30H,9-10H2,1-3H3,(H,28,33)(H3,24,26,27,31)/t13-,16+,17-,20?,23+,39+/m0/s1. The molecule has 4 heterocycles. The molecule has 2 bridgehead atoms. The van der Waals surface area contributed by atoms with E-state index in [-0.39, 0.29) is 35.6 Å². The number of rotatable bonds is 10. The van der Waals surface area contributed by atoms with Crippen LogP contribution in [-0.2, 0) is 28.1 Å². The van der Waals surface area contributed by atoms with Crippen LogP contribution in [-0.4, -0.2) is 73.8 Å². The number of hydrogen-bond donors (Lipinski definition) is 4. The Kier molecular flexibility index (Phi) is 7.22. The smallest absolute Gasteiger partial charge is 0.459 e. The van der Waals surface area contributed by atoms with E-state index in [9.17, 15) is 19.3 Å². The van der Waals surface area contributed by atoms with E-state index in [0.717, 1.165) is 0 Å². The van der Waals surface area contributed by atoms with Crippen molar-refractivity contribution in [3.63, 3.8) is 0 Å². The van der Waals surface area contributed by atoms with Gasteiger partial charge in [0.25, 0.3) is 5.56 Å². The number of fused-ring (bicyclic) bond motifs is 3. The zero-order chi connectivity index (χ0) is 27.9. The first-order valence-electron chi connectivity index (χ1n) is 12.2. The highest BCUT2D eigenvalue weighted by Crippen LogP contribution is 2.50. The summed E-state index contributed by atoms with van der Waals surface area (Å²) in [7, 11) is -4.23. The summed E-state index contributed by atoms with van der Waals surface area (Å²) in [6.07, 6.45) is -2.10. The molecule has 2 aromatic heterocycles. The number of imidazole rings is 1. The highest BCUT2D eigenvalue weighted by atomic mass is 31.2. The molecule has 2 fully saturated rings. The monoisotopic (exact) mass is 564 g/mol. The van der Waals surface area contributed by atoms with E-state index >= 15 is 0 Å². The summed E-state index contributed by atoms with van der Waals surface area (Å²) in [4.78, 5) is 35.2. The molecule has 6 atom stereocenters. The molecule has 39 heavy (non-hydrogen) atoms. The van der Waals surface area contributed by atoms with Crippen LogP contribution in [0.2, 0.25) is 0 Å². The third kappa shape index (κ3) is 5.29. The summed E-state index contributed by atoms with van der Waals surface area (Å²) in [5.41, 5.74) is 3.87. The van der Waals surface area contributed by atoms with Crippen LogP contribution in [0.1, 0.15) is 27.0 Å². The lowest BCUT2D eigenvalue weighted by Gasteiger charge is -2.32. The Bertz CT molecular complexity index is 1460. The number of hydrogen-bond acceptors (Lipinski definition) is 12. The maximum Gasteiger partial charge on any atom is 0.459 e. The molecule has 2 saturated heterocycles. The van der Waals surface area contributed by atoms with Gasteiger partial charge in [0.1, 0.15) is 29.6 Å². The number of nitrogens with two attached hydrogens (primary N) is 1.